The van der Waals surface area contributed by atoms with E-state index in [1.807, 2.05) is 13.8 Å². The van der Waals surface area contributed by atoms with Crippen molar-refractivity contribution in [1.82, 2.24) is 4.98 Å². The highest BCUT2D eigenvalue weighted by atomic mass is 79.9. The number of rotatable bonds is 4. The first-order valence-corrected chi connectivity index (χ1v) is 8.67. The average molecular weight is 401 g/mol. The molecule has 0 aromatic carbocycles. The number of nitrogens with zero attached hydrogens (tertiary/aromatic N) is 1. The summed E-state index contributed by atoms with van der Waals surface area (Å²) in [5, 5.41) is 0.738. The van der Waals surface area contributed by atoms with Crippen molar-refractivity contribution in [3.8, 4) is 11.5 Å². The van der Waals surface area contributed by atoms with Gasteiger partial charge in [0.2, 0.25) is 5.50 Å². The van der Waals surface area contributed by atoms with E-state index < -0.39 is 7.60 Å². The number of hydrogen-bond acceptors (Lipinski definition) is 6. The number of anilines is 1. The van der Waals surface area contributed by atoms with Gasteiger partial charge in [0, 0.05) is 5.25 Å². The maximum absolute atomic E-state index is 11.1. The summed E-state index contributed by atoms with van der Waals surface area (Å²) in [6.07, 6.45) is 0. The first kappa shape index (κ1) is 17.7. The van der Waals surface area contributed by atoms with Gasteiger partial charge in [0.25, 0.3) is 0 Å². The lowest BCUT2D eigenvalue weighted by Crippen LogP contribution is -1.98. The molecule has 0 spiro atoms. The Bertz CT molecular complexity index is 637. The lowest BCUT2D eigenvalue weighted by atomic mass is 10.4. The number of hydrogen-bond donors (Lipinski definition) is 3. The van der Waals surface area contributed by atoms with Crippen molar-refractivity contribution in [2.24, 2.45) is 0 Å². The number of aromatic nitrogens is 1. The molecule has 0 aliphatic rings. The van der Waals surface area contributed by atoms with Crippen LogP contribution in [0.1, 0.15) is 13.8 Å². The highest BCUT2D eigenvalue weighted by molar-refractivity contribution is 8.93. The molecule has 0 bridgehead atoms. The minimum atomic E-state index is -4.38. The molecule has 0 aliphatic heterocycles. The van der Waals surface area contributed by atoms with Crippen LogP contribution in [-0.4, -0.2) is 20.0 Å². The third-order valence-corrected chi connectivity index (χ3v) is 4.98. The van der Waals surface area contributed by atoms with Crippen LogP contribution in [0.4, 0.5) is 5.13 Å². The molecule has 0 radical (unpaired) electrons. The van der Waals surface area contributed by atoms with E-state index in [1.54, 1.807) is 11.8 Å². The van der Waals surface area contributed by atoms with E-state index >= 15 is 0 Å². The fraction of sp³-hybridized carbons (Fsp3) is 0.300. The van der Waals surface area contributed by atoms with Crippen LogP contribution >= 0.6 is 47.7 Å². The minimum Gasteiger partial charge on any atom is -0.446 e. The van der Waals surface area contributed by atoms with Crippen molar-refractivity contribution in [2.75, 3.05) is 5.73 Å². The molecule has 0 fully saturated rings. The number of halogens is 1. The zero-order chi connectivity index (χ0) is 14.2. The van der Waals surface area contributed by atoms with Gasteiger partial charge in [0.1, 0.15) is 5.69 Å². The van der Waals surface area contributed by atoms with E-state index in [4.69, 9.17) is 19.9 Å². The summed E-state index contributed by atoms with van der Waals surface area (Å²) in [5.41, 5.74) is 5.85. The van der Waals surface area contributed by atoms with Gasteiger partial charge in [-0.05, 0) is 12.1 Å². The van der Waals surface area contributed by atoms with Crippen LogP contribution in [0, 0.1) is 0 Å². The van der Waals surface area contributed by atoms with Gasteiger partial charge in [0.15, 0.2) is 10.9 Å². The smallest absolute Gasteiger partial charge is 0.391 e. The van der Waals surface area contributed by atoms with E-state index in [0.29, 0.717) is 21.8 Å². The van der Waals surface area contributed by atoms with Crippen LogP contribution in [0.5, 0.6) is 0 Å². The Morgan fingerprint density at radius 2 is 2.10 bits per heavy atom. The van der Waals surface area contributed by atoms with Crippen LogP contribution in [-0.2, 0) is 4.57 Å². The van der Waals surface area contributed by atoms with Crippen molar-refractivity contribution < 1.29 is 18.8 Å². The first-order valence-electron chi connectivity index (χ1n) is 5.36. The molecule has 6 nitrogen and oxygen atoms in total. The zero-order valence-corrected chi connectivity index (χ0v) is 14.9. The molecule has 0 saturated carbocycles. The molecule has 20 heavy (non-hydrogen) atoms. The van der Waals surface area contributed by atoms with Gasteiger partial charge < -0.3 is 19.9 Å². The van der Waals surface area contributed by atoms with E-state index in [2.05, 4.69) is 4.98 Å². The lowest BCUT2D eigenvalue weighted by molar-refractivity contribution is 0.377. The second-order valence-electron chi connectivity index (χ2n) is 4.04. The van der Waals surface area contributed by atoms with Gasteiger partial charge in [-0.1, -0.05) is 25.2 Å². The van der Waals surface area contributed by atoms with Gasteiger partial charge in [-0.15, -0.1) is 28.7 Å². The molecule has 2 aromatic rings. The lowest BCUT2D eigenvalue weighted by Gasteiger charge is -2.03. The van der Waals surface area contributed by atoms with Crippen LogP contribution in [0.3, 0.4) is 0 Å². The van der Waals surface area contributed by atoms with Crippen LogP contribution in [0.2, 0.25) is 0 Å². The normalized spacial score (nSPS) is 11.7. The van der Waals surface area contributed by atoms with E-state index in [1.165, 1.54) is 23.5 Å². The Morgan fingerprint density at radius 1 is 1.45 bits per heavy atom. The predicted molar refractivity (Wildman–Crippen MR) is 87.2 cm³/mol. The van der Waals surface area contributed by atoms with E-state index in [0.717, 1.165) is 4.21 Å². The van der Waals surface area contributed by atoms with E-state index in [9.17, 15) is 4.57 Å². The number of nitrogen functional groups attached to an aromatic ring is 1. The van der Waals surface area contributed by atoms with Crippen LogP contribution < -0.4 is 11.2 Å². The molecule has 0 unspecified atom stereocenters. The molecule has 0 atom stereocenters. The van der Waals surface area contributed by atoms with Gasteiger partial charge in [-0.25, -0.2) is 4.98 Å². The zero-order valence-electron chi connectivity index (χ0n) is 10.6. The number of thioether (sulfide) groups is 1. The fourth-order valence-electron chi connectivity index (χ4n) is 1.38. The SMILES string of the molecule is Br.CC(C)Sc1sc(N)nc1-c1ccc(P(=O)(O)O)o1. The molecule has 112 valence electrons. The fourth-order valence-corrected chi connectivity index (χ4v) is 4.15. The summed E-state index contributed by atoms with van der Waals surface area (Å²) in [6.45, 7) is 4.07. The van der Waals surface area contributed by atoms with Gasteiger partial charge in [0.05, 0.1) is 4.21 Å². The third-order valence-electron chi connectivity index (χ3n) is 2.07. The van der Waals surface area contributed by atoms with Crippen molar-refractivity contribution in [2.45, 2.75) is 23.3 Å². The summed E-state index contributed by atoms with van der Waals surface area (Å²) in [7, 11) is -4.38. The highest BCUT2D eigenvalue weighted by Gasteiger charge is 2.24. The summed E-state index contributed by atoms with van der Waals surface area (Å²) in [4.78, 5) is 22.2. The quantitative estimate of drug-likeness (QED) is 0.534. The molecule has 0 saturated heterocycles. The molecule has 10 heteroatoms. The summed E-state index contributed by atoms with van der Waals surface area (Å²) < 4.78 is 17.2. The average Bonchev–Trinajstić information content (AvgIpc) is 2.82. The molecule has 0 amide bonds. The Morgan fingerprint density at radius 3 is 2.60 bits per heavy atom. The highest BCUT2D eigenvalue weighted by Crippen LogP contribution is 2.41. The van der Waals surface area contributed by atoms with Gasteiger partial charge in [-0.2, -0.15) is 0 Å². The van der Waals surface area contributed by atoms with Crippen LogP contribution in [0.15, 0.2) is 20.8 Å². The second-order valence-corrected chi connectivity index (χ2v) is 8.44. The molecule has 2 heterocycles. The minimum absolute atomic E-state index is 0. The van der Waals surface area contributed by atoms with Crippen LogP contribution in [0.25, 0.3) is 11.5 Å². The molecule has 4 N–H and O–H groups in total. The maximum atomic E-state index is 11.1. The van der Waals surface area contributed by atoms with E-state index in [-0.39, 0.29) is 22.5 Å². The molecular weight excluding hydrogens is 387 g/mol. The second kappa shape index (κ2) is 6.64. The molecule has 2 aromatic heterocycles. The number of nitrogens with two attached hydrogens (primary N) is 1. The van der Waals surface area contributed by atoms with Crippen molar-refractivity contribution in [3.05, 3.63) is 12.1 Å². The largest absolute Gasteiger partial charge is 0.446 e. The monoisotopic (exact) mass is 400 g/mol. The molecule has 0 aliphatic carbocycles. The topological polar surface area (TPSA) is 110 Å². The molecule has 2 rings (SSSR count). The third kappa shape index (κ3) is 4.09. The Balaban J connectivity index is 0.00000200. The Hall–Kier alpha value is -0.310. The van der Waals surface area contributed by atoms with Crippen molar-refractivity contribution in [3.63, 3.8) is 0 Å². The predicted octanol–water partition coefficient (Wildman–Crippen LogP) is 2.87. The Kier molecular flexibility index (Phi) is 5.89. The summed E-state index contributed by atoms with van der Waals surface area (Å²) >= 11 is 2.91. The standard InChI is InChI=1S/C10H13N2O4PS2.BrH/c1-5(2)18-9-8(12-10(11)19-9)6-3-4-7(16-6)17(13,14)15;/h3-5H,1-2H3,(H2,11,12)(H2,13,14,15);1H. The van der Waals surface area contributed by atoms with Gasteiger partial charge >= 0.3 is 7.60 Å². The number of thiazole rings is 1. The number of furan rings is 1. The maximum Gasteiger partial charge on any atom is 0.391 e. The van der Waals surface area contributed by atoms with Crippen molar-refractivity contribution >= 4 is 58.3 Å². The van der Waals surface area contributed by atoms with Gasteiger partial charge in [-0.3, -0.25) is 4.57 Å². The first-order chi connectivity index (χ1) is 8.77. The summed E-state index contributed by atoms with van der Waals surface area (Å²) in [6, 6.07) is 2.75. The van der Waals surface area contributed by atoms with Crippen molar-refractivity contribution in [1.29, 1.82) is 0 Å². The summed E-state index contributed by atoms with van der Waals surface area (Å²) in [5.74, 6) is 0.314. The molecular formula is C10H14BrN2O4PS2. The Labute approximate surface area is 134 Å².